The molecule has 20 heavy (non-hydrogen) atoms. The van der Waals surface area contributed by atoms with E-state index in [1.165, 1.54) is 0 Å². The molecule has 0 N–H and O–H groups in total. The van der Waals surface area contributed by atoms with Crippen molar-refractivity contribution in [3.63, 3.8) is 0 Å². The molecule has 7 heteroatoms. The number of rotatable bonds is 2. The van der Waals surface area contributed by atoms with Crippen LogP contribution in [0.2, 0.25) is 0 Å². The highest BCUT2D eigenvalue weighted by Crippen LogP contribution is 2.15. The Hall–Kier alpha value is -2.18. The molecule has 0 bridgehead atoms. The predicted molar refractivity (Wildman–Crippen MR) is 74.4 cm³/mol. The van der Waals surface area contributed by atoms with Gasteiger partial charge in [0.2, 0.25) is 5.91 Å². The molecule has 0 spiro atoms. The molecular formula is C13H18N6O. The second-order valence-electron chi connectivity index (χ2n) is 5.29. The van der Waals surface area contributed by atoms with E-state index in [2.05, 4.69) is 20.2 Å². The largest absolute Gasteiger partial charge is 0.352 e. The highest BCUT2D eigenvalue weighted by Gasteiger charge is 2.23. The third-order valence-corrected chi connectivity index (χ3v) is 3.56. The zero-order valence-electron chi connectivity index (χ0n) is 11.7. The molecule has 1 aliphatic heterocycles. The van der Waals surface area contributed by atoms with Crippen LogP contribution in [0.15, 0.2) is 18.5 Å². The summed E-state index contributed by atoms with van der Waals surface area (Å²) in [5, 5.41) is 12.2. The molecule has 0 aromatic carbocycles. The minimum Gasteiger partial charge on any atom is -0.352 e. The highest BCUT2D eigenvalue weighted by molar-refractivity contribution is 5.78. The summed E-state index contributed by atoms with van der Waals surface area (Å²) in [6.45, 7) is 6.99. The van der Waals surface area contributed by atoms with Crippen molar-refractivity contribution in [3.05, 3.63) is 18.5 Å². The van der Waals surface area contributed by atoms with Gasteiger partial charge in [-0.3, -0.25) is 4.79 Å². The van der Waals surface area contributed by atoms with Gasteiger partial charge >= 0.3 is 0 Å². The first-order valence-electron chi connectivity index (χ1n) is 6.86. The Morgan fingerprint density at radius 3 is 2.65 bits per heavy atom. The lowest BCUT2D eigenvalue weighted by Gasteiger charge is -2.36. The number of hydrogen-bond donors (Lipinski definition) is 0. The van der Waals surface area contributed by atoms with Crippen LogP contribution in [0.4, 0.5) is 5.82 Å². The molecule has 0 radical (unpaired) electrons. The van der Waals surface area contributed by atoms with E-state index in [0.717, 1.165) is 37.6 Å². The summed E-state index contributed by atoms with van der Waals surface area (Å²) in [5.74, 6) is 1.19. The average molecular weight is 274 g/mol. The Morgan fingerprint density at radius 1 is 1.20 bits per heavy atom. The van der Waals surface area contributed by atoms with Crippen molar-refractivity contribution in [2.45, 2.75) is 13.8 Å². The Morgan fingerprint density at radius 2 is 1.95 bits per heavy atom. The van der Waals surface area contributed by atoms with Crippen LogP contribution < -0.4 is 4.90 Å². The molecule has 2 aromatic rings. The first-order chi connectivity index (χ1) is 9.65. The zero-order chi connectivity index (χ0) is 14.1. The van der Waals surface area contributed by atoms with Gasteiger partial charge in [-0.05, 0) is 12.1 Å². The SMILES string of the molecule is CC(C)C(=O)N1CCN(c2ccc3nncn3n2)CC1. The maximum atomic E-state index is 12.0. The van der Waals surface area contributed by atoms with Crippen molar-refractivity contribution in [2.75, 3.05) is 31.1 Å². The first-order valence-corrected chi connectivity index (χ1v) is 6.86. The fourth-order valence-corrected chi connectivity index (χ4v) is 2.41. The monoisotopic (exact) mass is 274 g/mol. The van der Waals surface area contributed by atoms with Crippen molar-refractivity contribution >= 4 is 17.4 Å². The minimum absolute atomic E-state index is 0.0630. The second-order valence-corrected chi connectivity index (χ2v) is 5.29. The van der Waals surface area contributed by atoms with Crippen LogP contribution in [0.3, 0.4) is 0 Å². The number of nitrogens with zero attached hydrogens (tertiary/aromatic N) is 6. The molecule has 0 aliphatic carbocycles. The standard InChI is InChI=1S/C13H18N6O/c1-10(2)13(20)18-7-5-17(6-8-18)12-4-3-11-15-14-9-19(11)16-12/h3-4,9-10H,5-8H2,1-2H3. The molecule has 3 heterocycles. The van der Waals surface area contributed by atoms with Gasteiger partial charge in [0, 0.05) is 32.1 Å². The van der Waals surface area contributed by atoms with Crippen molar-refractivity contribution in [1.29, 1.82) is 0 Å². The zero-order valence-corrected chi connectivity index (χ0v) is 11.7. The van der Waals surface area contributed by atoms with E-state index in [9.17, 15) is 4.79 Å². The van der Waals surface area contributed by atoms with E-state index in [4.69, 9.17) is 0 Å². The van der Waals surface area contributed by atoms with Gasteiger partial charge < -0.3 is 9.80 Å². The molecule has 0 unspecified atom stereocenters. The summed E-state index contributed by atoms with van der Waals surface area (Å²) in [6.07, 6.45) is 1.59. The van der Waals surface area contributed by atoms with Crippen molar-refractivity contribution < 1.29 is 4.79 Å². The molecule has 3 rings (SSSR count). The molecule has 106 valence electrons. The number of carbonyl (C=O) groups excluding carboxylic acids is 1. The number of hydrogen-bond acceptors (Lipinski definition) is 5. The number of anilines is 1. The summed E-state index contributed by atoms with van der Waals surface area (Å²) in [6, 6.07) is 3.85. The number of carbonyl (C=O) groups is 1. The number of fused-ring (bicyclic) bond motifs is 1. The third kappa shape index (κ3) is 2.31. The maximum absolute atomic E-state index is 12.0. The van der Waals surface area contributed by atoms with Gasteiger partial charge in [0.25, 0.3) is 0 Å². The van der Waals surface area contributed by atoms with Gasteiger partial charge in [-0.25, -0.2) is 0 Å². The molecule has 7 nitrogen and oxygen atoms in total. The quantitative estimate of drug-likeness (QED) is 0.794. The summed E-state index contributed by atoms with van der Waals surface area (Å²) < 4.78 is 1.67. The van der Waals surface area contributed by atoms with Crippen LogP contribution in [0.1, 0.15) is 13.8 Å². The van der Waals surface area contributed by atoms with E-state index in [0.29, 0.717) is 0 Å². The third-order valence-electron chi connectivity index (χ3n) is 3.56. The van der Waals surface area contributed by atoms with E-state index < -0.39 is 0 Å². The fraction of sp³-hybridized carbons (Fsp3) is 0.538. The number of aromatic nitrogens is 4. The summed E-state index contributed by atoms with van der Waals surface area (Å²) >= 11 is 0. The summed E-state index contributed by atoms with van der Waals surface area (Å²) in [4.78, 5) is 16.1. The smallest absolute Gasteiger partial charge is 0.225 e. The van der Waals surface area contributed by atoms with Gasteiger partial charge in [0.1, 0.15) is 12.1 Å². The molecule has 0 saturated carbocycles. The number of piperazine rings is 1. The van der Waals surface area contributed by atoms with E-state index >= 15 is 0 Å². The highest BCUT2D eigenvalue weighted by atomic mass is 16.2. The minimum atomic E-state index is 0.0630. The second kappa shape index (κ2) is 5.07. The lowest BCUT2D eigenvalue weighted by molar-refractivity contribution is -0.134. The van der Waals surface area contributed by atoms with Crippen molar-refractivity contribution in [1.82, 2.24) is 24.7 Å². The molecule has 1 amide bonds. The average Bonchev–Trinajstić information content (AvgIpc) is 2.94. The molecule has 0 atom stereocenters. The Balaban J connectivity index is 1.69. The van der Waals surface area contributed by atoms with Gasteiger partial charge in [0.05, 0.1) is 0 Å². The van der Waals surface area contributed by atoms with Crippen LogP contribution in [-0.2, 0) is 4.79 Å². The molecular weight excluding hydrogens is 256 g/mol. The maximum Gasteiger partial charge on any atom is 0.225 e. The van der Waals surface area contributed by atoms with E-state index in [1.54, 1.807) is 10.8 Å². The van der Waals surface area contributed by atoms with Crippen LogP contribution in [0.5, 0.6) is 0 Å². The Labute approximate surface area is 117 Å². The van der Waals surface area contributed by atoms with E-state index in [1.807, 2.05) is 30.9 Å². The van der Waals surface area contributed by atoms with Crippen molar-refractivity contribution in [2.24, 2.45) is 5.92 Å². The van der Waals surface area contributed by atoms with Gasteiger partial charge in [-0.1, -0.05) is 13.8 Å². The fourth-order valence-electron chi connectivity index (χ4n) is 2.41. The van der Waals surface area contributed by atoms with Gasteiger partial charge in [-0.15, -0.1) is 15.3 Å². The molecule has 1 saturated heterocycles. The first kappa shape index (κ1) is 12.8. The van der Waals surface area contributed by atoms with Crippen LogP contribution in [0, 0.1) is 5.92 Å². The predicted octanol–water partition coefficient (Wildman–Crippen LogP) is 0.429. The van der Waals surface area contributed by atoms with E-state index in [-0.39, 0.29) is 11.8 Å². The van der Waals surface area contributed by atoms with Crippen molar-refractivity contribution in [3.8, 4) is 0 Å². The Kier molecular flexibility index (Phi) is 3.25. The van der Waals surface area contributed by atoms with Gasteiger partial charge in [0.15, 0.2) is 5.65 Å². The summed E-state index contributed by atoms with van der Waals surface area (Å²) in [7, 11) is 0. The lowest BCUT2D eigenvalue weighted by Crippen LogP contribution is -2.50. The number of amides is 1. The summed E-state index contributed by atoms with van der Waals surface area (Å²) in [5.41, 5.74) is 0.738. The molecule has 1 aliphatic rings. The van der Waals surface area contributed by atoms with Crippen LogP contribution in [0.25, 0.3) is 5.65 Å². The van der Waals surface area contributed by atoms with Crippen LogP contribution in [-0.4, -0.2) is 56.8 Å². The Bertz CT molecular complexity index is 614. The lowest BCUT2D eigenvalue weighted by atomic mass is 10.1. The topological polar surface area (TPSA) is 66.6 Å². The van der Waals surface area contributed by atoms with Crippen LogP contribution >= 0.6 is 0 Å². The van der Waals surface area contributed by atoms with Gasteiger partial charge in [-0.2, -0.15) is 4.52 Å². The normalized spacial score (nSPS) is 16.1. The molecule has 2 aromatic heterocycles. The molecule has 1 fully saturated rings.